The highest BCUT2D eigenvalue weighted by atomic mass is 32.2. The highest BCUT2D eigenvalue weighted by Crippen LogP contribution is 2.12. The van der Waals surface area contributed by atoms with Crippen molar-refractivity contribution in [1.29, 1.82) is 0 Å². The smallest absolute Gasteiger partial charge is 0.186 e. The van der Waals surface area contributed by atoms with E-state index in [1.807, 2.05) is 0 Å². The normalized spacial score (nSPS) is 12.9. The first kappa shape index (κ1) is 8.36. The van der Waals surface area contributed by atoms with Crippen LogP contribution in [-0.4, -0.2) is 8.76 Å². The van der Waals surface area contributed by atoms with Gasteiger partial charge in [0.25, 0.3) is 0 Å². The molecule has 0 radical (unpaired) electrons. The van der Waals surface area contributed by atoms with Crippen LogP contribution in [0.25, 0.3) is 0 Å². The summed E-state index contributed by atoms with van der Waals surface area (Å²) in [6, 6.07) is 6.16. The van der Waals surface area contributed by atoms with Crippen LogP contribution in [0.1, 0.15) is 5.56 Å². The molecule has 4 heteroatoms. The summed E-state index contributed by atoms with van der Waals surface area (Å²) >= 11 is -2.08. The Labute approximate surface area is 66.3 Å². The molecule has 60 valence electrons. The lowest BCUT2D eigenvalue weighted by molar-refractivity contribution is 0.476. The second-order valence-corrected chi connectivity index (χ2v) is 2.93. The SMILES string of the molecule is O=S(O)c1ccccc1CF. The first-order valence-corrected chi connectivity index (χ1v) is 4.11. The number of rotatable bonds is 2. The van der Waals surface area contributed by atoms with E-state index in [2.05, 4.69) is 0 Å². The third-order valence-corrected chi connectivity index (χ3v) is 2.08. The van der Waals surface area contributed by atoms with Crippen LogP contribution in [0.2, 0.25) is 0 Å². The lowest BCUT2D eigenvalue weighted by atomic mass is 10.2. The zero-order valence-corrected chi connectivity index (χ0v) is 6.47. The average molecular weight is 174 g/mol. The molecule has 0 bridgehead atoms. The van der Waals surface area contributed by atoms with Crippen molar-refractivity contribution in [2.75, 3.05) is 0 Å². The van der Waals surface area contributed by atoms with Gasteiger partial charge in [0.1, 0.15) is 6.67 Å². The molecule has 0 spiro atoms. The maximum atomic E-state index is 12.1. The molecule has 0 amide bonds. The average Bonchev–Trinajstić information content (AvgIpc) is 2.04. The summed E-state index contributed by atoms with van der Waals surface area (Å²) in [6.45, 7) is -0.706. The first-order chi connectivity index (χ1) is 5.25. The van der Waals surface area contributed by atoms with E-state index in [9.17, 15) is 8.60 Å². The van der Waals surface area contributed by atoms with Gasteiger partial charge in [-0.3, -0.25) is 0 Å². The molecule has 2 nitrogen and oxygen atoms in total. The first-order valence-electron chi connectivity index (χ1n) is 3.00. The van der Waals surface area contributed by atoms with E-state index in [-0.39, 0.29) is 10.5 Å². The Hall–Kier alpha value is -0.740. The van der Waals surface area contributed by atoms with Crippen LogP contribution >= 0.6 is 0 Å². The summed E-state index contributed by atoms with van der Waals surface area (Å²) in [7, 11) is 0. The second kappa shape index (κ2) is 3.59. The number of alkyl halides is 1. The zero-order valence-electron chi connectivity index (χ0n) is 5.66. The van der Waals surface area contributed by atoms with Gasteiger partial charge in [-0.25, -0.2) is 8.60 Å². The molecule has 0 aliphatic heterocycles. The predicted molar refractivity (Wildman–Crippen MR) is 40.3 cm³/mol. The lowest BCUT2D eigenvalue weighted by Gasteiger charge is -1.99. The fourth-order valence-corrected chi connectivity index (χ4v) is 1.33. The number of hydrogen-bond donors (Lipinski definition) is 1. The third kappa shape index (κ3) is 1.85. The van der Waals surface area contributed by atoms with Gasteiger partial charge >= 0.3 is 0 Å². The van der Waals surface area contributed by atoms with Crippen molar-refractivity contribution in [1.82, 2.24) is 0 Å². The van der Waals surface area contributed by atoms with Crippen LogP contribution in [0.15, 0.2) is 29.2 Å². The molecule has 0 saturated carbocycles. The Morgan fingerprint density at radius 2 is 2.09 bits per heavy atom. The monoisotopic (exact) mass is 174 g/mol. The van der Waals surface area contributed by atoms with E-state index in [4.69, 9.17) is 4.55 Å². The van der Waals surface area contributed by atoms with Gasteiger partial charge in [0.2, 0.25) is 0 Å². The highest BCUT2D eigenvalue weighted by Gasteiger charge is 2.04. The molecule has 0 fully saturated rings. The van der Waals surface area contributed by atoms with Crippen LogP contribution in [0, 0.1) is 0 Å². The quantitative estimate of drug-likeness (QED) is 0.693. The van der Waals surface area contributed by atoms with Gasteiger partial charge in [0.05, 0.1) is 4.90 Å². The van der Waals surface area contributed by atoms with Gasteiger partial charge in [-0.2, -0.15) is 0 Å². The van der Waals surface area contributed by atoms with Crippen molar-refractivity contribution in [3.63, 3.8) is 0 Å². The fourth-order valence-electron chi connectivity index (χ4n) is 0.785. The van der Waals surface area contributed by atoms with Crippen LogP contribution in [0.3, 0.4) is 0 Å². The molecular weight excluding hydrogens is 167 g/mol. The summed E-state index contributed by atoms with van der Waals surface area (Å²) in [6.07, 6.45) is 0. The van der Waals surface area contributed by atoms with E-state index in [1.54, 1.807) is 12.1 Å². The van der Waals surface area contributed by atoms with Crippen molar-refractivity contribution in [3.8, 4) is 0 Å². The second-order valence-electron chi connectivity index (χ2n) is 1.99. The molecule has 1 aromatic rings. The van der Waals surface area contributed by atoms with E-state index in [1.165, 1.54) is 12.1 Å². The van der Waals surface area contributed by atoms with Crippen LogP contribution in [-0.2, 0) is 17.8 Å². The summed E-state index contributed by atoms with van der Waals surface area (Å²) in [4.78, 5) is 0.148. The summed E-state index contributed by atoms with van der Waals surface area (Å²) in [5.74, 6) is 0. The molecule has 0 saturated heterocycles. The van der Waals surface area contributed by atoms with Gasteiger partial charge in [-0.1, -0.05) is 18.2 Å². The summed E-state index contributed by atoms with van der Waals surface area (Å²) in [5.41, 5.74) is 0.272. The van der Waals surface area contributed by atoms with Crippen molar-refractivity contribution < 1.29 is 13.2 Å². The Bertz CT molecular complexity index is 275. The molecular formula is C7H7FO2S. The van der Waals surface area contributed by atoms with Crippen LogP contribution in [0.4, 0.5) is 4.39 Å². The summed E-state index contributed by atoms with van der Waals surface area (Å²) < 4.78 is 31.3. The van der Waals surface area contributed by atoms with E-state index in [0.29, 0.717) is 0 Å². The topological polar surface area (TPSA) is 37.3 Å². The maximum Gasteiger partial charge on any atom is 0.186 e. The van der Waals surface area contributed by atoms with Gasteiger partial charge in [-0.05, 0) is 6.07 Å². The molecule has 1 aromatic carbocycles. The highest BCUT2D eigenvalue weighted by molar-refractivity contribution is 7.79. The van der Waals surface area contributed by atoms with E-state index < -0.39 is 17.8 Å². The van der Waals surface area contributed by atoms with Gasteiger partial charge in [0, 0.05) is 5.56 Å². The minimum absolute atomic E-state index is 0.148. The molecule has 0 heterocycles. The molecule has 0 aliphatic carbocycles. The molecule has 1 unspecified atom stereocenters. The van der Waals surface area contributed by atoms with Crippen molar-refractivity contribution >= 4 is 11.1 Å². The third-order valence-electron chi connectivity index (χ3n) is 1.30. The van der Waals surface area contributed by atoms with Gasteiger partial charge < -0.3 is 4.55 Å². The number of benzene rings is 1. The Kier molecular flexibility index (Phi) is 2.73. The van der Waals surface area contributed by atoms with Crippen molar-refractivity contribution in [2.24, 2.45) is 0 Å². The van der Waals surface area contributed by atoms with E-state index in [0.717, 1.165) is 0 Å². The van der Waals surface area contributed by atoms with Gasteiger partial charge in [-0.15, -0.1) is 0 Å². The minimum atomic E-state index is -2.08. The number of hydrogen-bond acceptors (Lipinski definition) is 1. The van der Waals surface area contributed by atoms with Crippen LogP contribution in [0.5, 0.6) is 0 Å². The van der Waals surface area contributed by atoms with E-state index >= 15 is 0 Å². The summed E-state index contributed by atoms with van der Waals surface area (Å²) in [5, 5.41) is 0. The molecule has 0 aromatic heterocycles. The van der Waals surface area contributed by atoms with Crippen LogP contribution < -0.4 is 0 Å². The lowest BCUT2D eigenvalue weighted by Crippen LogP contribution is -1.93. The Balaban J connectivity index is 3.12. The van der Waals surface area contributed by atoms with Gasteiger partial charge in [0.15, 0.2) is 11.1 Å². The largest absolute Gasteiger partial charge is 0.302 e. The number of halogens is 1. The Morgan fingerprint density at radius 3 is 2.55 bits per heavy atom. The van der Waals surface area contributed by atoms with Crippen molar-refractivity contribution in [2.45, 2.75) is 11.6 Å². The van der Waals surface area contributed by atoms with Crippen molar-refractivity contribution in [3.05, 3.63) is 29.8 Å². The standard InChI is InChI=1S/C7H7FO2S/c8-5-6-3-1-2-4-7(6)11(9)10/h1-4H,5H2,(H,9,10). The molecule has 1 rings (SSSR count). The Morgan fingerprint density at radius 1 is 1.45 bits per heavy atom. The molecule has 0 aliphatic rings. The minimum Gasteiger partial charge on any atom is -0.302 e. The zero-order chi connectivity index (χ0) is 8.27. The fraction of sp³-hybridized carbons (Fsp3) is 0.143. The molecule has 1 N–H and O–H groups in total. The molecule has 11 heavy (non-hydrogen) atoms. The molecule has 1 atom stereocenters. The predicted octanol–water partition coefficient (Wildman–Crippen LogP) is 1.74. The maximum absolute atomic E-state index is 12.1.